The highest BCUT2D eigenvalue weighted by Crippen LogP contribution is 2.16. The second kappa shape index (κ2) is 8.34. The topological polar surface area (TPSA) is 103 Å². The summed E-state index contributed by atoms with van der Waals surface area (Å²) < 4.78 is 24.3. The molecule has 1 fully saturated rings. The third-order valence-electron chi connectivity index (χ3n) is 3.76. The van der Waals surface area contributed by atoms with E-state index in [-0.39, 0.29) is 19.0 Å². The van der Waals surface area contributed by atoms with E-state index in [1.807, 2.05) is 0 Å². The smallest absolute Gasteiger partial charge is 0.410 e. The van der Waals surface area contributed by atoms with Gasteiger partial charge in [0.15, 0.2) is 5.82 Å². The SMILES string of the molecule is Nc1ncncc1N=C[C@@H]1CN(C(=O)OCc2ccccc2F)CCO1. The number of nitrogen functional groups attached to an aromatic ring is 1. The Morgan fingerprint density at radius 2 is 2.35 bits per heavy atom. The molecule has 0 unspecified atom stereocenters. The number of hydrogen-bond donors (Lipinski definition) is 1. The highest BCUT2D eigenvalue weighted by molar-refractivity contribution is 5.73. The molecule has 1 saturated heterocycles. The van der Waals surface area contributed by atoms with Gasteiger partial charge in [-0.3, -0.25) is 4.99 Å². The van der Waals surface area contributed by atoms with E-state index in [2.05, 4.69) is 15.0 Å². The van der Waals surface area contributed by atoms with Gasteiger partial charge in [-0.1, -0.05) is 18.2 Å². The van der Waals surface area contributed by atoms with Gasteiger partial charge < -0.3 is 20.1 Å². The third-order valence-corrected chi connectivity index (χ3v) is 3.76. The maximum atomic E-state index is 13.6. The van der Waals surface area contributed by atoms with E-state index >= 15 is 0 Å². The Kier molecular flexibility index (Phi) is 5.69. The highest BCUT2D eigenvalue weighted by Gasteiger charge is 2.24. The molecule has 0 saturated carbocycles. The maximum absolute atomic E-state index is 13.6. The maximum Gasteiger partial charge on any atom is 0.410 e. The van der Waals surface area contributed by atoms with Crippen molar-refractivity contribution in [1.29, 1.82) is 0 Å². The summed E-state index contributed by atoms with van der Waals surface area (Å²) in [5, 5.41) is 0. The molecule has 1 aliphatic heterocycles. The van der Waals surface area contributed by atoms with Crippen molar-refractivity contribution in [2.24, 2.45) is 4.99 Å². The summed E-state index contributed by atoms with van der Waals surface area (Å²) in [5.41, 5.74) is 6.45. The quantitative estimate of drug-likeness (QED) is 0.837. The Balaban J connectivity index is 1.55. The molecule has 0 bridgehead atoms. The first kappa shape index (κ1) is 17.7. The number of nitrogens with two attached hydrogens (primary N) is 1. The number of anilines is 1. The molecule has 2 heterocycles. The first-order chi connectivity index (χ1) is 12.6. The van der Waals surface area contributed by atoms with Crippen LogP contribution >= 0.6 is 0 Å². The minimum Gasteiger partial charge on any atom is -0.444 e. The van der Waals surface area contributed by atoms with Gasteiger partial charge in [0, 0.05) is 18.3 Å². The van der Waals surface area contributed by atoms with Crippen LogP contribution in [-0.4, -0.2) is 53.0 Å². The lowest BCUT2D eigenvalue weighted by atomic mass is 10.2. The molecule has 136 valence electrons. The highest BCUT2D eigenvalue weighted by atomic mass is 19.1. The van der Waals surface area contributed by atoms with E-state index in [1.165, 1.54) is 23.5 Å². The van der Waals surface area contributed by atoms with Crippen LogP contribution in [0.5, 0.6) is 0 Å². The second-order valence-electron chi connectivity index (χ2n) is 5.57. The molecule has 1 aliphatic rings. The van der Waals surface area contributed by atoms with Gasteiger partial charge in [-0.15, -0.1) is 0 Å². The summed E-state index contributed by atoms with van der Waals surface area (Å²) in [6, 6.07) is 6.16. The van der Waals surface area contributed by atoms with Crippen molar-refractivity contribution >= 4 is 23.8 Å². The van der Waals surface area contributed by atoms with Gasteiger partial charge in [0.05, 0.1) is 19.3 Å². The van der Waals surface area contributed by atoms with Crippen molar-refractivity contribution in [2.75, 3.05) is 25.4 Å². The van der Waals surface area contributed by atoms with Crippen LogP contribution in [0.4, 0.5) is 20.7 Å². The van der Waals surface area contributed by atoms with Gasteiger partial charge in [0.2, 0.25) is 0 Å². The minimum atomic E-state index is -0.530. The summed E-state index contributed by atoms with van der Waals surface area (Å²) in [6.07, 6.45) is 3.42. The number of carbonyl (C=O) groups excluding carboxylic acids is 1. The number of rotatable bonds is 4. The number of amides is 1. The fraction of sp³-hybridized carbons (Fsp3) is 0.294. The van der Waals surface area contributed by atoms with E-state index in [4.69, 9.17) is 15.2 Å². The zero-order chi connectivity index (χ0) is 18.4. The van der Waals surface area contributed by atoms with Crippen molar-refractivity contribution in [3.05, 3.63) is 48.2 Å². The predicted molar refractivity (Wildman–Crippen MR) is 92.5 cm³/mol. The Morgan fingerprint density at radius 3 is 3.15 bits per heavy atom. The molecule has 0 aliphatic carbocycles. The van der Waals surface area contributed by atoms with Gasteiger partial charge >= 0.3 is 6.09 Å². The average molecular weight is 359 g/mol. The number of ether oxygens (including phenoxy) is 2. The molecule has 1 aromatic carbocycles. The molecule has 9 heteroatoms. The normalized spacial score (nSPS) is 17.4. The van der Waals surface area contributed by atoms with E-state index < -0.39 is 18.0 Å². The summed E-state index contributed by atoms with van der Waals surface area (Å²) in [7, 11) is 0. The zero-order valence-corrected chi connectivity index (χ0v) is 13.9. The molecule has 3 rings (SSSR count). The van der Waals surface area contributed by atoms with Crippen molar-refractivity contribution in [1.82, 2.24) is 14.9 Å². The summed E-state index contributed by atoms with van der Waals surface area (Å²) in [4.78, 5) is 25.6. The number of aliphatic imine (C=N–C) groups is 1. The first-order valence-electron chi connectivity index (χ1n) is 8.00. The number of benzene rings is 1. The minimum absolute atomic E-state index is 0.125. The van der Waals surface area contributed by atoms with Crippen molar-refractivity contribution in [2.45, 2.75) is 12.7 Å². The molecular formula is C17H18FN5O3. The molecule has 1 atom stereocenters. The Morgan fingerprint density at radius 1 is 1.50 bits per heavy atom. The number of halogens is 1. The summed E-state index contributed by atoms with van der Waals surface area (Å²) in [5.74, 6) is -0.150. The summed E-state index contributed by atoms with van der Waals surface area (Å²) in [6.45, 7) is 0.871. The van der Waals surface area contributed by atoms with Crippen LogP contribution in [0.3, 0.4) is 0 Å². The number of carbonyl (C=O) groups is 1. The molecule has 8 nitrogen and oxygen atoms in total. The Bertz CT molecular complexity index is 801. The van der Waals surface area contributed by atoms with Gasteiger partial charge in [-0.05, 0) is 6.07 Å². The Hall–Kier alpha value is -3.07. The lowest BCUT2D eigenvalue weighted by molar-refractivity contribution is 0.00313. The van der Waals surface area contributed by atoms with E-state index in [0.717, 1.165) is 0 Å². The van der Waals surface area contributed by atoms with Gasteiger partial charge in [0.25, 0.3) is 0 Å². The second-order valence-corrected chi connectivity index (χ2v) is 5.57. The zero-order valence-electron chi connectivity index (χ0n) is 13.9. The van der Waals surface area contributed by atoms with Crippen molar-refractivity contribution < 1.29 is 18.7 Å². The lowest BCUT2D eigenvalue weighted by Gasteiger charge is -2.30. The average Bonchev–Trinajstić information content (AvgIpc) is 2.67. The molecule has 2 N–H and O–H groups in total. The molecule has 0 radical (unpaired) electrons. The lowest BCUT2D eigenvalue weighted by Crippen LogP contribution is -2.46. The van der Waals surface area contributed by atoms with Crippen LogP contribution in [-0.2, 0) is 16.1 Å². The van der Waals surface area contributed by atoms with Crippen molar-refractivity contribution in [3.8, 4) is 0 Å². The van der Waals surface area contributed by atoms with Gasteiger partial charge in [-0.25, -0.2) is 19.2 Å². The largest absolute Gasteiger partial charge is 0.444 e. The van der Waals surface area contributed by atoms with Crippen LogP contribution < -0.4 is 5.73 Å². The standard InChI is InChI=1S/C17H18FN5O3/c18-14-4-2-1-3-12(14)10-26-17(24)23-5-6-25-13(9-23)7-21-15-8-20-11-22-16(15)19/h1-4,7-8,11,13H,5-6,9-10H2,(H2,19,20,22)/t13-/m1/s1. The molecule has 26 heavy (non-hydrogen) atoms. The Labute approximate surface area is 149 Å². The molecule has 1 amide bonds. The van der Waals surface area contributed by atoms with Crippen LogP contribution in [0.1, 0.15) is 5.56 Å². The van der Waals surface area contributed by atoms with Gasteiger partial charge in [-0.2, -0.15) is 0 Å². The summed E-state index contributed by atoms with van der Waals surface area (Å²) >= 11 is 0. The van der Waals surface area contributed by atoms with Crippen molar-refractivity contribution in [3.63, 3.8) is 0 Å². The van der Waals surface area contributed by atoms with E-state index in [9.17, 15) is 9.18 Å². The number of morpholine rings is 1. The van der Waals surface area contributed by atoms with Gasteiger partial charge in [0.1, 0.15) is 30.5 Å². The monoisotopic (exact) mass is 359 g/mol. The fourth-order valence-electron chi connectivity index (χ4n) is 2.37. The number of aromatic nitrogens is 2. The molecule has 0 spiro atoms. The molecule has 2 aromatic rings. The third kappa shape index (κ3) is 4.51. The van der Waals surface area contributed by atoms with E-state index in [1.54, 1.807) is 24.4 Å². The fourth-order valence-corrected chi connectivity index (χ4v) is 2.37. The first-order valence-corrected chi connectivity index (χ1v) is 8.00. The van der Waals surface area contributed by atoms with E-state index in [0.29, 0.717) is 24.4 Å². The van der Waals surface area contributed by atoms with Crippen LogP contribution in [0.25, 0.3) is 0 Å². The molecule has 1 aromatic heterocycles. The molecular weight excluding hydrogens is 341 g/mol. The van der Waals surface area contributed by atoms with Crippen LogP contribution in [0.15, 0.2) is 41.8 Å². The van der Waals surface area contributed by atoms with Crippen LogP contribution in [0.2, 0.25) is 0 Å². The number of nitrogens with zero attached hydrogens (tertiary/aromatic N) is 4. The number of hydrogen-bond acceptors (Lipinski definition) is 7. The predicted octanol–water partition coefficient (Wildman–Crippen LogP) is 1.94. The van der Waals surface area contributed by atoms with Crippen LogP contribution in [0, 0.1) is 5.82 Å².